The molecule has 1 amide bonds. The van der Waals surface area contributed by atoms with E-state index in [1.54, 1.807) is 12.1 Å². The Labute approximate surface area is 99.9 Å². The summed E-state index contributed by atoms with van der Waals surface area (Å²) in [4.78, 5) is 11.4. The number of carbonyl (C=O) groups excluding carboxylic acids is 1. The van der Waals surface area contributed by atoms with Gasteiger partial charge in [-0.05, 0) is 30.7 Å². The maximum absolute atomic E-state index is 11.4. The van der Waals surface area contributed by atoms with Crippen molar-refractivity contribution in [3.05, 3.63) is 23.8 Å². The normalized spacial score (nSPS) is 14.6. The molecule has 1 aromatic carbocycles. The Hall–Kier alpha value is -1.75. The molecule has 0 saturated carbocycles. The molecule has 0 fully saturated rings. The van der Waals surface area contributed by atoms with Gasteiger partial charge in [0.25, 0.3) is 0 Å². The average Bonchev–Trinajstić information content (AvgIpc) is 2.76. The van der Waals surface area contributed by atoms with Crippen molar-refractivity contribution in [2.45, 2.75) is 19.4 Å². The zero-order valence-corrected chi connectivity index (χ0v) is 9.73. The number of nitrogens with two attached hydrogens (primary N) is 1. The summed E-state index contributed by atoms with van der Waals surface area (Å²) in [6, 6.07) is 4.93. The van der Waals surface area contributed by atoms with Gasteiger partial charge in [0.15, 0.2) is 11.5 Å². The molecule has 1 heterocycles. The van der Waals surface area contributed by atoms with E-state index in [2.05, 4.69) is 5.32 Å². The number of ether oxygens (including phenoxy) is 2. The molecule has 1 aromatic rings. The molecular formula is C12H16N2O3. The summed E-state index contributed by atoms with van der Waals surface area (Å²) in [6.45, 7) is 3.00. The summed E-state index contributed by atoms with van der Waals surface area (Å²) in [5.41, 5.74) is 6.18. The van der Waals surface area contributed by atoms with Crippen LogP contribution in [0.25, 0.3) is 0 Å². The molecule has 1 unspecified atom stereocenters. The van der Waals surface area contributed by atoms with Crippen LogP contribution >= 0.6 is 0 Å². The van der Waals surface area contributed by atoms with Crippen LogP contribution in [0.5, 0.6) is 11.5 Å². The largest absolute Gasteiger partial charge is 0.454 e. The third kappa shape index (κ3) is 2.50. The molecule has 17 heavy (non-hydrogen) atoms. The molecule has 5 nitrogen and oxygen atoms in total. The van der Waals surface area contributed by atoms with E-state index in [-0.39, 0.29) is 6.79 Å². The monoisotopic (exact) mass is 236 g/mol. The van der Waals surface area contributed by atoms with Crippen LogP contribution in [0.15, 0.2) is 18.2 Å². The topological polar surface area (TPSA) is 73.6 Å². The Morgan fingerprint density at radius 1 is 1.47 bits per heavy atom. The Kier molecular flexibility index (Phi) is 3.49. The van der Waals surface area contributed by atoms with Gasteiger partial charge in [0, 0.05) is 0 Å². The Balaban J connectivity index is 2.20. The molecule has 0 saturated heterocycles. The van der Waals surface area contributed by atoms with Gasteiger partial charge in [0.05, 0.1) is 0 Å². The molecule has 0 spiro atoms. The van der Waals surface area contributed by atoms with Crippen molar-refractivity contribution in [3.8, 4) is 11.5 Å². The molecule has 1 aliphatic heterocycles. The number of carbonyl (C=O) groups is 1. The van der Waals surface area contributed by atoms with Gasteiger partial charge in [-0.15, -0.1) is 0 Å². The molecular weight excluding hydrogens is 220 g/mol. The van der Waals surface area contributed by atoms with Crippen molar-refractivity contribution in [1.29, 1.82) is 0 Å². The van der Waals surface area contributed by atoms with Crippen LogP contribution in [-0.2, 0) is 4.79 Å². The van der Waals surface area contributed by atoms with E-state index in [9.17, 15) is 4.79 Å². The fraction of sp³-hybridized carbons (Fsp3) is 0.417. The second-order valence-corrected chi connectivity index (χ2v) is 3.90. The van der Waals surface area contributed by atoms with Gasteiger partial charge in [-0.2, -0.15) is 0 Å². The second kappa shape index (κ2) is 5.05. The molecule has 0 aliphatic carbocycles. The van der Waals surface area contributed by atoms with E-state index in [1.165, 1.54) is 0 Å². The van der Waals surface area contributed by atoms with Crippen molar-refractivity contribution >= 4 is 5.91 Å². The maximum Gasteiger partial charge on any atom is 0.239 e. The maximum atomic E-state index is 11.4. The van der Waals surface area contributed by atoms with Crippen LogP contribution in [0.2, 0.25) is 0 Å². The van der Waals surface area contributed by atoms with E-state index in [0.29, 0.717) is 11.5 Å². The summed E-state index contributed by atoms with van der Waals surface area (Å²) in [5.74, 6) is 0.969. The van der Waals surface area contributed by atoms with Crippen LogP contribution in [0.3, 0.4) is 0 Å². The first-order valence-electron chi connectivity index (χ1n) is 5.64. The smallest absolute Gasteiger partial charge is 0.239 e. The van der Waals surface area contributed by atoms with Gasteiger partial charge in [0.2, 0.25) is 12.7 Å². The van der Waals surface area contributed by atoms with Gasteiger partial charge in [-0.3, -0.25) is 4.79 Å². The van der Waals surface area contributed by atoms with E-state index in [0.717, 1.165) is 18.5 Å². The molecule has 1 atom stereocenters. The molecule has 0 aromatic heterocycles. The molecule has 1 aliphatic rings. The van der Waals surface area contributed by atoms with Crippen LogP contribution in [0.4, 0.5) is 0 Å². The standard InChI is InChI=1S/C12H16N2O3/c1-2-5-14-11(12(13)15)8-3-4-9-10(6-8)17-7-16-9/h3-4,6,11,14H,2,5,7H2,1H3,(H2,13,15). The Morgan fingerprint density at radius 2 is 2.24 bits per heavy atom. The highest BCUT2D eigenvalue weighted by atomic mass is 16.7. The highest BCUT2D eigenvalue weighted by molar-refractivity contribution is 5.81. The van der Waals surface area contributed by atoms with Crippen molar-refractivity contribution < 1.29 is 14.3 Å². The highest BCUT2D eigenvalue weighted by Gasteiger charge is 2.20. The zero-order valence-electron chi connectivity index (χ0n) is 9.73. The lowest BCUT2D eigenvalue weighted by molar-refractivity contribution is -0.120. The highest BCUT2D eigenvalue weighted by Crippen LogP contribution is 2.34. The second-order valence-electron chi connectivity index (χ2n) is 3.90. The first-order valence-corrected chi connectivity index (χ1v) is 5.64. The number of amides is 1. The number of rotatable bonds is 5. The Morgan fingerprint density at radius 3 is 2.94 bits per heavy atom. The molecule has 3 N–H and O–H groups in total. The lowest BCUT2D eigenvalue weighted by Gasteiger charge is -2.15. The van der Waals surface area contributed by atoms with Crippen molar-refractivity contribution in [2.24, 2.45) is 5.73 Å². The van der Waals surface area contributed by atoms with E-state index in [1.807, 2.05) is 13.0 Å². The van der Waals surface area contributed by atoms with E-state index in [4.69, 9.17) is 15.2 Å². The summed E-state index contributed by atoms with van der Waals surface area (Å²) in [6.07, 6.45) is 0.939. The minimum atomic E-state index is -0.482. The number of hydrogen-bond acceptors (Lipinski definition) is 4. The number of primary amides is 1. The zero-order chi connectivity index (χ0) is 12.3. The van der Waals surface area contributed by atoms with Gasteiger partial charge < -0.3 is 20.5 Å². The number of nitrogens with one attached hydrogen (secondary N) is 1. The van der Waals surface area contributed by atoms with Gasteiger partial charge >= 0.3 is 0 Å². The molecule has 92 valence electrons. The average molecular weight is 236 g/mol. The van der Waals surface area contributed by atoms with Gasteiger partial charge in [-0.1, -0.05) is 13.0 Å². The fourth-order valence-corrected chi connectivity index (χ4v) is 1.76. The molecule has 5 heteroatoms. The SMILES string of the molecule is CCCNC(C(N)=O)c1ccc2c(c1)OCO2. The lowest BCUT2D eigenvalue weighted by atomic mass is 10.1. The first-order chi connectivity index (χ1) is 8.22. The number of benzene rings is 1. The Bertz CT molecular complexity index is 420. The molecule has 0 bridgehead atoms. The van der Waals surface area contributed by atoms with Crippen LogP contribution in [0, 0.1) is 0 Å². The summed E-state index contributed by atoms with van der Waals surface area (Å²) >= 11 is 0. The predicted molar refractivity (Wildman–Crippen MR) is 62.8 cm³/mol. The van der Waals surface area contributed by atoms with Crippen molar-refractivity contribution in [1.82, 2.24) is 5.32 Å². The third-order valence-corrected chi connectivity index (χ3v) is 2.61. The van der Waals surface area contributed by atoms with Gasteiger partial charge in [0.1, 0.15) is 6.04 Å². The quantitative estimate of drug-likeness (QED) is 0.798. The fourth-order valence-electron chi connectivity index (χ4n) is 1.76. The summed E-state index contributed by atoms with van der Waals surface area (Å²) < 4.78 is 10.5. The minimum Gasteiger partial charge on any atom is -0.454 e. The third-order valence-electron chi connectivity index (χ3n) is 2.61. The molecule has 2 rings (SSSR count). The van der Waals surface area contributed by atoms with Crippen LogP contribution in [0.1, 0.15) is 24.9 Å². The summed E-state index contributed by atoms with van der Waals surface area (Å²) in [7, 11) is 0. The van der Waals surface area contributed by atoms with Crippen LogP contribution in [-0.4, -0.2) is 19.2 Å². The van der Waals surface area contributed by atoms with Crippen molar-refractivity contribution in [3.63, 3.8) is 0 Å². The number of hydrogen-bond donors (Lipinski definition) is 2. The molecule has 0 radical (unpaired) electrons. The van der Waals surface area contributed by atoms with Crippen LogP contribution < -0.4 is 20.5 Å². The predicted octanol–water partition coefficient (Wildman–Crippen LogP) is 0.941. The van der Waals surface area contributed by atoms with E-state index >= 15 is 0 Å². The first kappa shape index (κ1) is 11.7. The lowest BCUT2D eigenvalue weighted by Crippen LogP contribution is -2.34. The van der Waals surface area contributed by atoms with Gasteiger partial charge in [-0.25, -0.2) is 0 Å². The van der Waals surface area contributed by atoms with Crippen molar-refractivity contribution in [2.75, 3.05) is 13.3 Å². The summed E-state index contributed by atoms with van der Waals surface area (Å²) in [5, 5.41) is 3.11. The number of fused-ring (bicyclic) bond motifs is 1. The minimum absolute atomic E-state index is 0.225. The van der Waals surface area contributed by atoms with E-state index < -0.39 is 11.9 Å².